The molecule has 2 aliphatic heterocycles. The molecule has 8 heteroatoms. The Kier molecular flexibility index (Phi) is 7.19. The smallest absolute Gasteiger partial charge is 0.455 e. The number of phenolic OH excluding ortho intramolecular Hbond substituents is 1. The van der Waals surface area contributed by atoms with Gasteiger partial charge in [-0.1, -0.05) is 42.3 Å². The third-order valence-electron chi connectivity index (χ3n) is 7.83. The molecule has 6 nitrogen and oxygen atoms in total. The van der Waals surface area contributed by atoms with Crippen molar-refractivity contribution in [1.29, 1.82) is 0 Å². The Hall–Kier alpha value is -2.68. The number of amides is 2. The maximum Gasteiger partial charge on any atom is 0.455 e. The van der Waals surface area contributed by atoms with Crippen LogP contribution in [0.25, 0.3) is 6.08 Å². The van der Waals surface area contributed by atoms with Gasteiger partial charge >= 0.3 is 7.12 Å². The van der Waals surface area contributed by atoms with Crippen LogP contribution >= 0.6 is 11.3 Å². The maximum absolute atomic E-state index is 13.6. The normalized spacial score (nSPS) is 26.5. The predicted molar refractivity (Wildman–Crippen MR) is 141 cm³/mol. The molecule has 1 aromatic heterocycles. The second-order valence-electron chi connectivity index (χ2n) is 10.1. The van der Waals surface area contributed by atoms with Crippen LogP contribution in [-0.2, 0) is 20.8 Å². The molecule has 2 saturated heterocycles. The quantitative estimate of drug-likeness (QED) is 0.313. The zero-order valence-corrected chi connectivity index (χ0v) is 21.5. The molecule has 2 amide bonds. The summed E-state index contributed by atoms with van der Waals surface area (Å²) in [6.07, 6.45) is 5.04. The van der Waals surface area contributed by atoms with Gasteiger partial charge in [-0.05, 0) is 79.6 Å². The first-order chi connectivity index (χ1) is 17.4. The summed E-state index contributed by atoms with van der Waals surface area (Å²) in [5, 5.41) is 22.1. The molecule has 3 heterocycles. The summed E-state index contributed by atoms with van der Waals surface area (Å²) in [6.45, 7) is 4.50. The summed E-state index contributed by atoms with van der Waals surface area (Å²) in [6, 6.07) is 11.0. The zero-order chi connectivity index (χ0) is 25.4. The van der Waals surface area contributed by atoms with Crippen LogP contribution in [0.2, 0.25) is 6.32 Å². The lowest BCUT2D eigenvalue weighted by Gasteiger charge is -2.43. The Morgan fingerprint density at radius 3 is 2.67 bits per heavy atom. The highest BCUT2D eigenvalue weighted by molar-refractivity contribution is 7.09. The van der Waals surface area contributed by atoms with Crippen molar-refractivity contribution in [2.75, 3.05) is 0 Å². The molecule has 0 saturated carbocycles. The molecule has 0 bridgehead atoms. The van der Waals surface area contributed by atoms with Crippen LogP contribution in [0.3, 0.4) is 0 Å². The van der Waals surface area contributed by atoms with Gasteiger partial charge in [0.05, 0.1) is 24.5 Å². The van der Waals surface area contributed by atoms with Gasteiger partial charge in [-0.15, -0.1) is 11.3 Å². The number of carbonyl (C=O) groups is 2. The summed E-state index contributed by atoms with van der Waals surface area (Å²) in [4.78, 5) is 29.4. The van der Waals surface area contributed by atoms with Crippen LogP contribution in [0.5, 0.6) is 5.75 Å². The van der Waals surface area contributed by atoms with Crippen LogP contribution in [0.4, 0.5) is 0 Å². The number of imide groups is 1. The molecule has 2 fully saturated rings. The molecule has 2 N–H and O–H groups in total. The van der Waals surface area contributed by atoms with Gasteiger partial charge in [0.15, 0.2) is 0 Å². The summed E-state index contributed by atoms with van der Waals surface area (Å²) in [5.41, 5.74) is 4.53. The highest BCUT2D eigenvalue weighted by Gasteiger charge is 2.57. The van der Waals surface area contributed by atoms with E-state index in [2.05, 4.69) is 19.9 Å². The van der Waals surface area contributed by atoms with Crippen molar-refractivity contribution in [3.05, 3.63) is 68.9 Å². The van der Waals surface area contributed by atoms with Gasteiger partial charge in [-0.2, -0.15) is 0 Å². The van der Waals surface area contributed by atoms with Crippen molar-refractivity contribution in [2.24, 2.45) is 17.8 Å². The van der Waals surface area contributed by atoms with Crippen molar-refractivity contribution in [3.8, 4) is 5.75 Å². The van der Waals surface area contributed by atoms with E-state index in [-0.39, 0.29) is 35.5 Å². The molecular formula is C28H32BNO5S. The molecule has 0 radical (unpaired) electrons. The SMILES string of the molecule is CCC1=C2[C@@H](CC/C(C)=C/c3ccc(O)cc3)OB(O)C[C@@H]2[C@@H]2C(=O)N(Cc3cccs3)C(=O)[C@@H]2C1. The number of allylic oxidation sites excluding steroid dienone is 2. The van der Waals surface area contributed by atoms with Crippen molar-refractivity contribution in [1.82, 2.24) is 4.90 Å². The average Bonchev–Trinajstić information content (AvgIpc) is 3.46. The summed E-state index contributed by atoms with van der Waals surface area (Å²) in [5.74, 6) is -0.871. The van der Waals surface area contributed by atoms with Crippen molar-refractivity contribution in [2.45, 2.75) is 58.5 Å². The minimum absolute atomic E-state index is 0.0754. The van der Waals surface area contributed by atoms with Gasteiger partial charge < -0.3 is 14.8 Å². The number of thiophene rings is 1. The number of rotatable bonds is 7. The predicted octanol–water partition coefficient (Wildman–Crippen LogP) is 5.04. The molecule has 2 aromatic rings. The Labute approximate surface area is 216 Å². The van der Waals surface area contributed by atoms with E-state index in [0.29, 0.717) is 25.7 Å². The van der Waals surface area contributed by atoms with E-state index in [9.17, 15) is 19.7 Å². The summed E-state index contributed by atoms with van der Waals surface area (Å²) < 4.78 is 6.06. The number of fused-ring (bicyclic) bond motifs is 3. The molecule has 0 unspecified atom stereocenters. The third kappa shape index (κ3) is 4.82. The fraction of sp³-hybridized carbons (Fsp3) is 0.429. The standard InChI is InChI=1S/C28H32BNO5S/c1-3-19-14-22-26(28(33)30(27(22)32)16-21-5-4-12-36-21)23-15-29(34)35-24(25(19)23)11-6-17(2)13-18-7-9-20(31)10-8-18/h4-5,7-10,12-13,22-24,26,31,34H,3,6,11,14-16H2,1-2H3/b17-13+/t22-,23+,24-,26-/m1/s1. The number of likely N-dealkylation sites (tertiary alicyclic amines) is 1. The van der Waals surface area contributed by atoms with Crippen LogP contribution < -0.4 is 0 Å². The lowest BCUT2D eigenvalue weighted by atomic mass is 9.58. The van der Waals surface area contributed by atoms with Crippen molar-refractivity contribution in [3.63, 3.8) is 0 Å². The fourth-order valence-electron chi connectivity index (χ4n) is 6.17. The fourth-order valence-corrected chi connectivity index (χ4v) is 6.86. The third-order valence-corrected chi connectivity index (χ3v) is 8.69. The van der Waals surface area contributed by atoms with Gasteiger partial charge in [0.2, 0.25) is 11.8 Å². The van der Waals surface area contributed by atoms with Crippen LogP contribution in [0.15, 0.2) is 58.5 Å². The minimum atomic E-state index is -0.948. The van der Waals surface area contributed by atoms with Gasteiger partial charge in [0.25, 0.3) is 0 Å². The first-order valence-corrected chi connectivity index (χ1v) is 13.6. The number of carbonyl (C=O) groups excluding carboxylic acids is 2. The second-order valence-corrected chi connectivity index (χ2v) is 11.2. The largest absolute Gasteiger partial charge is 0.508 e. The maximum atomic E-state index is 13.6. The minimum Gasteiger partial charge on any atom is -0.508 e. The van der Waals surface area contributed by atoms with E-state index in [1.165, 1.54) is 16.0 Å². The number of nitrogens with zero attached hydrogens (tertiary/aromatic N) is 1. The summed E-state index contributed by atoms with van der Waals surface area (Å²) in [7, 11) is -0.948. The number of aromatic hydroxyl groups is 1. The van der Waals surface area contributed by atoms with E-state index in [1.807, 2.05) is 29.6 Å². The van der Waals surface area contributed by atoms with E-state index in [1.54, 1.807) is 23.5 Å². The van der Waals surface area contributed by atoms with Crippen LogP contribution in [0, 0.1) is 17.8 Å². The highest BCUT2D eigenvalue weighted by atomic mass is 32.1. The monoisotopic (exact) mass is 505 g/mol. The van der Waals surface area contributed by atoms with Gasteiger partial charge in [-0.3, -0.25) is 14.5 Å². The first-order valence-electron chi connectivity index (χ1n) is 12.7. The first kappa shape index (κ1) is 25.0. The number of phenols is 1. The van der Waals surface area contributed by atoms with Crippen LogP contribution in [0.1, 0.15) is 50.0 Å². The Morgan fingerprint density at radius 2 is 1.97 bits per heavy atom. The van der Waals surface area contributed by atoms with E-state index >= 15 is 0 Å². The molecule has 1 aliphatic carbocycles. The van der Waals surface area contributed by atoms with Crippen molar-refractivity contribution < 1.29 is 24.4 Å². The zero-order valence-electron chi connectivity index (χ0n) is 20.7. The molecule has 5 rings (SSSR count). The van der Waals surface area contributed by atoms with Crippen LogP contribution in [-0.4, -0.2) is 40.1 Å². The number of hydrogen-bond donors (Lipinski definition) is 2. The Morgan fingerprint density at radius 1 is 1.19 bits per heavy atom. The average molecular weight is 505 g/mol. The molecule has 4 atom stereocenters. The highest BCUT2D eigenvalue weighted by Crippen LogP contribution is 2.51. The van der Waals surface area contributed by atoms with Crippen molar-refractivity contribution >= 4 is 36.3 Å². The number of hydrogen-bond acceptors (Lipinski definition) is 6. The lowest BCUT2D eigenvalue weighted by molar-refractivity contribution is -0.140. The molecule has 3 aliphatic rings. The number of benzene rings is 1. The summed E-state index contributed by atoms with van der Waals surface area (Å²) >= 11 is 1.55. The van der Waals surface area contributed by atoms with Gasteiger partial charge in [0.1, 0.15) is 5.75 Å². The molecular weight excluding hydrogens is 473 g/mol. The molecule has 188 valence electrons. The Bertz CT molecular complexity index is 1190. The lowest BCUT2D eigenvalue weighted by Crippen LogP contribution is -2.46. The van der Waals surface area contributed by atoms with Gasteiger partial charge in [-0.25, -0.2) is 0 Å². The molecule has 1 aromatic carbocycles. The molecule has 0 spiro atoms. The topological polar surface area (TPSA) is 87.1 Å². The van der Waals surface area contributed by atoms with E-state index in [0.717, 1.165) is 28.9 Å². The molecule has 36 heavy (non-hydrogen) atoms. The Balaban J connectivity index is 1.37. The van der Waals surface area contributed by atoms with Gasteiger partial charge in [0, 0.05) is 4.88 Å². The van der Waals surface area contributed by atoms with E-state index in [4.69, 9.17) is 4.65 Å². The second kappa shape index (κ2) is 10.4. The van der Waals surface area contributed by atoms with E-state index < -0.39 is 13.0 Å².